The minimum absolute atomic E-state index is 0.125. The van der Waals surface area contributed by atoms with Crippen LogP contribution >= 0.6 is 11.8 Å². The van der Waals surface area contributed by atoms with Crippen molar-refractivity contribution in [2.45, 2.75) is 12.5 Å². The number of nitrogens with zero attached hydrogens (tertiary/aromatic N) is 1. The average molecular weight is 234 g/mol. The van der Waals surface area contributed by atoms with Crippen molar-refractivity contribution >= 4 is 22.9 Å². The number of hydrogen-bond acceptors (Lipinski definition) is 6. The van der Waals surface area contributed by atoms with Crippen LogP contribution in [0, 0.1) is 0 Å². The molecule has 1 aliphatic rings. The maximum absolute atomic E-state index is 10.8. The third-order valence-corrected chi connectivity index (χ3v) is 2.65. The number of methoxy groups -OCH3 is 1. The molecule has 0 aromatic carbocycles. The van der Waals surface area contributed by atoms with Crippen LogP contribution in [-0.2, 0) is 14.3 Å². The van der Waals surface area contributed by atoms with Gasteiger partial charge >= 0.3 is 6.09 Å². The first-order chi connectivity index (χ1) is 7.27. The zero-order valence-corrected chi connectivity index (χ0v) is 9.50. The molecule has 1 heterocycles. The van der Waals surface area contributed by atoms with Gasteiger partial charge in [-0.25, -0.2) is 4.79 Å². The van der Waals surface area contributed by atoms with E-state index in [1.54, 1.807) is 7.11 Å². The molecule has 86 valence electrons. The lowest BCUT2D eigenvalue weighted by Crippen LogP contribution is -2.20. The van der Waals surface area contributed by atoms with Gasteiger partial charge in [-0.3, -0.25) is 4.84 Å². The standard InChI is InChI=1S/C8H14N2O4S/c1-9-8(11)14-10-7-6(3-4-12-2)13-5-15-7/h6H,3-5H2,1-2H3,(H,9,11)/b10-7+. The molecule has 1 amide bonds. The van der Waals surface area contributed by atoms with Gasteiger partial charge in [0.15, 0.2) is 0 Å². The van der Waals surface area contributed by atoms with Crippen molar-refractivity contribution in [3.63, 3.8) is 0 Å². The maximum atomic E-state index is 10.8. The van der Waals surface area contributed by atoms with Gasteiger partial charge in [0.2, 0.25) is 0 Å². The second-order valence-corrected chi connectivity index (χ2v) is 3.70. The number of amides is 1. The lowest BCUT2D eigenvalue weighted by molar-refractivity contribution is 0.103. The topological polar surface area (TPSA) is 69.2 Å². The lowest BCUT2D eigenvalue weighted by atomic mass is 10.3. The fourth-order valence-corrected chi connectivity index (χ4v) is 1.80. The summed E-state index contributed by atoms with van der Waals surface area (Å²) in [5.41, 5.74) is 0. The summed E-state index contributed by atoms with van der Waals surface area (Å²) >= 11 is 1.42. The van der Waals surface area contributed by atoms with E-state index in [1.807, 2.05) is 0 Å². The molecule has 0 saturated carbocycles. The summed E-state index contributed by atoms with van der Waals surface area (Å²) in [6.45, 7) is 0.588. The van der Waals surface area contributed by atoms with Gasteiger partial charge in [-0.2, -0.15) is 0 Å². The molecule has 1 rings (SSSR count). The Labute approximate surface area is 92.3 Å². The molecule has 0 radical (unpaired) electrons. The number of nitrogens with one attached hydrogen (secondary N) is 1. The third kappa shape index (κ3) is 4.06. The summed E-state index contributed by atoms with van der Waals surface area (Å²) in [4.78, 5) is 15.4. The summed E-state index contributed by atoms with van der Waals surface area (Å²) in [7, 11) is 3.10. The number of rotatable bonds is 4. The Balaban J connectivity index is 2.41. The molecule has 1 aliphatic heterocycles. The van der Waals surface area contributed by atoms with Crippen LogP contribution in [0.5, 0.6) is 0 Å². The molecule has 0 bridgehead atoms. The van der Waals surface area contributed by atoms with Gasteiger partial charge < -0.3 is 14.8 Å². The monoisotopic (exact) mass is 234 g/mol. The summed E-state index contributed by atoms with van der Waals surface area (Å²) in [5.74, 6) is 0.532. The number of oxime groups is 1. The van der Waals surface area contributed by atoms with Crippen molar-refractivity contribution in [3.05, 3.63) is 0 Å². The highest BCUT2D eigenvalue weighted by atomic mass is 32.2. The Kier molecular flexibility index (Phi) is 5.44. The van der Waals surface area contributed by atoms with E-state index in [2.05, 4.69) is 15.3 Å². The van der Waals surface area contributed by atoms with Crippen LogP contribution in [0.15, 0.2) is 5.16 Å². The molecule has 1 saturated heterocycles. The largest absolute Gasteiger partial charge is 0.433 e. The molecule has 1 unspecified atom stereocenters. The van der Waals surface area contributed by atoms with Crippen molar-refractivity contribution in [3.8, 4) is 0 Å². The van der Waals surface area contributed by atoms with Crippen LogP contribution in [0.1, 0.15) is 6.42 Å². The Bertz CT molecular complexity index is 247. The number of thioether (sulfide) groups is 1. The Hall–Kier alpha value is -0.790. The van der Waals surface area contributed by atoms with Gasteiger partial charge in [-0.05, 0) is 0 Å². The van der Waals surface area contributed by atoms with Gasteiger partial charge in [0.05, 0.1) is 5.94 Å². The minimum Gasteiger partial charge on any atom is -0.385 e. The Morgan fingerprint density at radius 3 is 3.27 bits per heavy atom. The SMILES string of the molecule is CNC(=O)O/N=C1/SCOC1CCOC. The third-order valence-electron chi connectivity index (χ3n) is 1.76. The molecular weight excluding hydrogens is 220 g/mol. The quantitative estimate of drug-likeness (QED) is 0.575. The van der Waals surface area contributed by atoms with E-state index in [0.717, 1.165) is 0 Å². The highest BCUT2D eigenvalue weighted by Gasteiger charge is 2.25. The summed E-state index contributed by atoms with van der Waals surface area (Å²) < 4.78 is 10.3. The van der Waals surface area contributed by atoms with Crippen LogP contribution in [0.25, 0.3) is 0 Å². The second-order valence-electron chi connectivity index (χ2n) is 2.76. The van der Waals surface area contributed by atoms with Gasteiger partial charge in [0.25, 0.3) is 0 Å². The molecule has 0 spiro atoms. The molecule has 6 nitrogen and oxygen atoms in total. The number of hydrogen-bond donors (Lipinski definition) is 1. The van der Waals surface area contributed by atoms with Crippen molar-refractivity contribution in [2.75, 3.05) is 26.7 Å². The molecule has 0 aromatic heterocycles. The normalized spacial score (nSPS) is 23.1. The highest BCUT2D eigenvalue weighted by molar-refractivity contribution is 8.14. The molecule has 0 aromatic rings. The lowest BCUT2D eigenvalue weighted by Gasteiger charge is -2.07. The van der Waals surface area contributed by atoms with Gasteiger partial charge in [0.1, 0.15) is 11.1 Å². The summed E-state index contributed by atoms with van der Waals surface area (Å²) in [6, 6.07) is 0. The van der Waals surface area contributed by atoms with Gasteiger partial charge in [0, 0.05) is 27.2 Å². The fourth-order valence-electron chi connectivity index (χ4n) is 0.990. The maximum Gasteiger partial charge on any atom is 0.433 e. The number of carbonyl (C=O) groups is 1. The van der Waals surface area contributed by atoms with Crippen molar-refractivity contribution in [1.82, 2.24) is 5.32 Å². The first-order valence-corrected chi connectivity index (χ1v) is 5.46. The first-order valence-electron chi connectivity index (χ1n) is 4.48. The molecule has 0 aliphatic carbocycles. The molecule has 15 heavy (non-hydrogen) atoms. The average Bonchev–Trinajstić information content (AvgIpc) is 2.70. The van der Waals surface area contributed by atoms with E-state index in [9.17, 15) is 4.79 Å². The van der Waals surface area contributed by atoms with E-state index in [4.69, 9.17) is 9.47 Å². The number of ether oxygens (including phenoxy) is 2. The fraction of sp³-hybridized carbons (Fsp3) is 0.750. The van der Waals surface area contributed by atoms with Crippen LogP contribution in [0.2, 0.25) is 0 Å². The molecule has 1 fully saturated rings. The van der Waals surface area contributed by atoms with Crippen molar-refractivity contribution < 1.29 is 19.1 Å². The first kappa shape index (κ1) is 12.3. The molecule has 7 heteroatoms. The van der Waals surface area contributed by atoms with E-state index < -0.39 is 6.09 Å². The predicted molar refractivity (Wildman–Crippen MR) is 56.8 cm³/mol. The van der Waals surface area contributed by atoms with E-state index in [0.29, 0.717) is 24.0 Å². The Morgan fingerprint density at radius 1 is 1.80 bits per heavy atom. The van der Waals surface area contributed by atoms with E-state index >= 15 is 0 Å². The van der Waals surface area contributed by atoms with Crippen LogP contribution in [-0.4, -0.2) is 43.9 Å². The van der Waals surface area contributed by atoms with Crippen LogP contribution < -0.4 is 5.32 Å². The molecule has 1 N–H and O–H groups in total. The summed E-state index contributed by atoms with van der Waals surface area (Å²) in [6.07, 6.45) is -0.000468. The Morgan fingerprint density at radius 2 is 2.60 bits per heavy atom. The molecule has 1 atom stereocenters. The second kappa shape index (κ2) is 6.65. The van der Waals surface area contributed by atoms with Crippen molar-refractivity contribution in [1.29, 1.82) is 0 Å². The zero-order valence-electron chi connectivity index (χ0n) is 8.69. The zero-order chi connectivity index (χ0) is 11.1. The highest BCUT2D eigenvalue weighted by Crippen LogP contribution is 2.22. The molecular formula is C8H14N2O4S. The van der Waals surface area contributed by atoms with Crippen LogP contribution in [0.4, 0.5) is 4.79 Å². The minimum atomic E-state index is -0.583. The summed E-state index contributed by atoms with van der Waals surface area (Å²) in [5, 5.41) is 6.70. The van der Waals surface area contributed by atoms with Gasteiger partial charge in [-0.1, -0.05) is 16.9 Å². The van der Waals surface area contributed by atoms with E-state index in [-0.39, 0.29) is 6.10 Å². The van der Waals surface area contributed by atoms with E-state index in [1.165, 1.54) is 18.8 Å². The van der Waals surface area contributed by atoms with Crippen LogP contribution in [0.3, 0.4) is 0 Å². The smallest absolute Gasteiger partial charge is 0.385 e. The predicted octanol–water partition coefficient (Wildman–Crippen LogP) is 0.782. The van der Waals surface area contributed by atoms with Gasteiger partial charge in [-0.15, -0.1) is 0 Å². The number of carbonyl (C=O) groups excluding carboxylic acids is 1. The van der Waals surface area contributed by atoms with Crippen molar-refractivity contribution in [2.24, 2.45) is 5.16 Å².